The van der Waals surface area contributed by atoms with E-state index in [0.29, 0.717) is 5.92 Å². The highest BCUT2D eigenvalue weighted by Crippen LogP contribution is 2.23. The first-order valence-corrected chi connectivity index (χ1v) is 8.57. The van der Waals surface area contributed by atoms with Crippen LogP contribution in [-0.4, -0.2) is 48.3 Å². The third kappa shape index (κ3) is 5.95. The zero-order valence-corrected chi connectivity index (χ0v) is 13.8. The second-order valence-electron chi connectivity index (χ2n) is 6.52. The molecule has 2 rings (SSSR count). The highest BCUT2D eigenvalue weighted by atomic mass is 16.5. The summed E-state index contributed by atoms with van der Waals surface area (Å²) in [5.41, 5.74) is 0. The van der Waals surface area contributed by atoms with Gasteiger partial charge < -0.3 is 20.5 Å². The quantitative estimate of drug-likeness (QED) is 0.633. The molecule has 0 aromatic heterocycles. The number of carbonyl (C=O) groups is 2. The lowest BCUT2D eigenvalue weighted by atomic mass is 9.89. The Hall–Kier alpha value is -1.40. The van der Waals surface area contributed by atoms with E-state index in [1.807, 2.05) is 0 Å². The molecule has 0 radical (unpaired) electrons. The van der Waals surface area contributed by atoms with Gasteiger partial charge in [0.1, 0.15) is 6.10 Å². The first-order chi connectivity index (χ1) is 11.1. The fourth-order valence-corrected chi connectivity index (χ4v) is 3.27. The topological polar surface area (TPSA) is 87.7 Å². The van der Waals surface area contributed by atoms with Gasteiger partial charge in [0.25, 0.3) is 0 Å². The molecule has 23 heavy (non-hydrogen) atoms. The molecule has 3 atom stereocenters. The summed E-state index contributed by atoms with van der Waals surface area (Å²) in [6.45, 7) is 1.97. The van der Waals surface area contributed by atoms with Crippen LogP contribution in [0.25, 0.3) is 0 Å². The Morgan fingerprint density at radius 1 is 1.22 bits per heavy atom. The fourth-order valence-electron chi connectivity index (χ4n) is 3.27. The van der Waals surface area contributed by atoms with Gasteiger partial charge in [0.15, 0.2) is 0 Å². The molecular formula is C17H28N2O4. The van der Waals surface area contributed by atoms with Gasteiger partial charge in [0, 0.05) is 13.5 Å². The van der Waals surface area contributed by atoms with Crippen molar-refractivity contribution < 1.29 is 19.4 Å². The van der Waals surface area contributed by atoms with E-state index in [2.05, 4.69) is 10.6 Å². The molecule has 1 saturated carbocycles. The molecule has 1 fully saturated rings. The minimum atomic E-state index is -0.514. The highest BCUT2D eigenvalue weighted by molar-refractivity contribution is 5.76. The fraction of sp³-hybridized carbons (Fsp3) is 0.765. The van der Waals surface area contributed by atoms with Crippen molar-refractivity contribution in [2.24, 2.45) is 5.92 Å². The summed E-state index contributed by atoms with van der Waals surface area (Å²) in [7, 11) is 0. The maximum absolute atomic E-state index is 12.1. The Labute approximate surface area is 137 Å². The van der Waals surface area contributed by atoms with Crippen molar-refractivity contribution in [2.75, 3.05) is 13.2 Å². The minimum absolute atomic E-state index is 0.0279. The Kier molecular flexibility index (Phi) is 7.05. The average Bonchev–Trinajstić information content (AvgIpc) is 2.55. The largest absolute Gasteiger partial charge is 0.394 e. The molecule has 0 aromatic carbocycles. The highest BCUT2D eigenvalue weighted by Gasteiger charge is 2.28. The van der Waals surface area contributed by atoms with Crippen molar-refractivity contribution in [3.63, 3.8) is 0 Å². The van der Waals surface area contributed by atoms with Crippen LogP contribution < -0.4 is 10.6 Å². The molecule has 0 spiro atoms. The van der Waals surface area contributed by atoms with Gasteiger partial charge >= 0.3 is 0 Å². The Morgan fingerprint density at radius 3 is 2.61 bits per heavy atom. The second-order valence-corrected chi connectivity index (χ2v) is 6.52. The maximum atomic E-state index is 12.1. The van der Waals surface area contributed by atoms with E-state index in [1.165, 1.54) is 39.0 Å². The van der Waals surface area contributed by atoms with Gasteiger partial charge in [-0.1, -0.05) is 31.4 Å². The monoisotopic (exact) mass is 324 g/mol. The SMILES string of the molecule is CC(=O)N[C@H]1C=C[C@@H](CC(=O)NCC2CCCCC2)O[C@@H]1CO. The van der Waals surface area contributed by atoms with Crippen LogP contribution in [0.3, 0.4) is 0 Å². The molecule has 1 aliphatic carbocycles. The van der Waals surface area contributed by atoms with E-state index in [9.17, 15) is 14.7 Å². The normalized spacial score (nSPS) is 28.3. The molecule has 2 aliphatic rings. The van der Waals surface area contributed by atoms with Gasteiger partial charge in [0.2, 0.25) is 11.8 Å². The Balaban J connectivity index is 1.76. The molecule has 130 valence electrons. The van der Waals surface area contributed by atoms with Crippen molar-refractivity contribution in [1.29, 1.82) is 0 Å². The molecule has 0 aromatic rings. The van der Waals surface area contributed by atoms with Gasteiger partial charge in [-0.2, -0.15) is 0 Å². The van der Waals surface area contributed by atoms with Crippen LogP contribution in [0.4, 0.5) is 0 Å². The summed E-state index contributed by atoms with van der Waals surface area (Å²) in [5.74, 6) is 0.398. The second kappa shape index (κ2) is 9.03. The van der Waals surface area contributed by atoms with Crippen LogP contribution in [-0.2, 0) is 14.3 Å². The summed E-state index contributed by atoms with van der Waals surface area (Å²) in [6.07, 6.45) is 9.18. The van der Waals surface area contributed by atoms with Gasteiger partial charge in [-0.15, -0.1) is 0 Å². The van der Waals surface area contributed by atoms with Gasteiger partial charge in [0.05, 0.1) is 25.2 Å². The lowest BCUT2D eigenvalue weighted by Crippen LogP contribution is -2.48. The molecule has 0 saturated heterocycles. The lowest BCUT2D eigenvalue weighted by molar-refractivity contribution is -0.127. The zero-order valence-electron chi connectivity index (χ0n) is 13.8. The number of hydrogen-bond acceptors (Lipinski definition) is 4. The summed E-state index contributed by atoms with van der Waals surface area (Å²) < 4.78 is 5.70. The van der Waals surface area contributed by atoms with Crippen LogP contribution >= 0.6 is 0 Å². The van der Waals surface area contributed by atoms with E-state index < -0.39 is 6.10 Å². The van der Waals surface area contributed by atoms with E-state index in [0.717, 1.165) is 6.54 Å². The lowest BCUT2D eigenvalue weighted by Gasteiger charge is -2.31. The number of aliphatic hydroxyl groups is 1. The summed E-state index contributed by atoms with van der Waals surface area (Å²) in [6, 6.07) is -0.348. The molecule has 6 heteroatoms. The van der Waals surface area contributed by atoms with Crippen LogP contribution in [0.5, 0.6) is 0 Å². The Morgan fingerprint density at radius 2 is 1.96 bits per heavy atom. The standard InChI is InChI=1S/C17H28N2O4/c1-12(21)19-15-8-7-14(23-16(15)11-20)9-17(22)18-10-13-5-3-2-4-6-13/h7-8,13-16,20H,2-6,9-11H2,1H3,(H,18,22)(H,19,21)/t14-,15-,16+/m0/s1. The molecule has 3 N–H and O–H groups in total. The first kappa shape index (κ1) is 17.9. The minimum Gasteiger partial charge on any atom is -0.394 e. The third-order valence-corrected chi connectivity index (χ3v) is 4.53. The molecule has 1 heterocycles. The number of amides is 2. The molecule has 0 bridgehead atoms. The van der Waals surface area contributed by atoms with Crippen molar-refractivity contribution in [3.8, 4) is 0 Å². The van der Waals surface area contributed by atoms with Gasteiger partial charge in [-0.05, 0) is 18.8 Å². The number of rotatable bonds is 6. The number of hydrogen-bond donors (Lipinski definition) is 3. The molecule has 6 nitrogen and oxygen atoms in total. The van der Waals surface area contributed by atoms with Crippen molar-refractivity contribution >= 4 is 11.8 Å². The van der Waals surface area contributed by atoms with Gasteiger partial charge in [-0.3, -0.25) is 9.59 Å². The van der Waals surface area contributed by atoms with Crippen LogP contribution in [0, 0.1) is 5.92 Å². The first-order valence-electron chi connectivity index (χ1n) is 8.57. The third-order valence-electron chi connectivity index (χ3n) is 4.53. The molecule has 1 aliphatic heterocycles. The summed E-state index contributed by atoms with van der Waals surface area (Å²) in [4.78, 5) is 23.2. The van der Waals surface area contributed by atoms with E-state index >= 15 is 0 Å². The van der Waals surface area contributed by atoms with E-state index in [-0.39, 0.29) is 37.0 Å². The smallest absolute Gasteiger partial charge is 0.222 e. The maximum Gasteiger partial charge on any atom is 0.222 e. The van der Waals surface area contributed by atoms with Crippen molar-refractivity contribution in [3.05, 3.63) is 12.2 Å². The number of aliphatic hydroxyl groups excluding tert-OH is 1. The average molecular weight is 324 g/mol. The number of ether oxygens (including phenoxy) is 1. The number of nitrogens with one attached hydrogen (secondary N) is 2. The Bertz CT molecular complexity index is 432. The van der Waals surface area contributed by atoms with Crippen LogP contribution in [0.1, 0.15) is 45.4 Å². The van der Waals surface area contributed by atoms with E-state index in [1.54, 1.807) is 12.2 Å². The molecule has 2 amide bonds. The van der Waals surface area contributed by atoms with Gasteiger partial charge in [-0.25, -0.2) is 0 Å². The molecular weight excluding hydrogens is 296 g/mol. The van der Waals surface area contributed by atoms with Crippen LogP contribution in [0.2, 0.25) is 0 Å². The predicted molar refractivity (Wildman–Crippen MR) is 86.7 cm³/mol. The van der Waals surface area contributed by atoms with Crippen molar-refractivity contribution in [2.45, 2.75) is 63.7 Å². The summed E-state index contributed by atoms with van der Waals surface area (Å²) >= 11 is 0. The zero-order chi connectivity index (χ0) is 16.7. The van der Waals surface area contributed by atoms with Crippen molar-refractivity contribution in [1.82, 2.24) is 10.6 Å². The van der Waals surface area contributed by atoms with Crippen LogP contribution in [0.15, 0.2) is 12.2 Å². The summed E-state index contributed by atoms with van der Waals surface area (Å²) in [5, 5.41) is 15.1. The predicted octanol–water partition coefficient (Wildman–Crippen LogP) is 0.894. The van der Waals surface area contributed by atoms with E-state index in [4.69, 9.17) is 4.74 Å². The molecule has 0 unspecified atom stereocenters. The number of carbonyl (C=O) groups excluding carboxylic acids is 2.